The highest BCUT2D eigenvalue weighted by Crippen LogP contribution is 2.37. The van der Waals surface area contributed by atoms with Crippen molar-refractivity contribution in [3.05, 3.63) is 131 Å². The van der Waals surface area contributed by atoms with Crippen LogP contribution in [0, 0.1) is 25.7 Å². The van der Waals surface area contributed by atoms with E-state index in [0.29, 0.717) is 11.8 Å². The quantitative estimate of drug-likeness (QED) is 0.166. The Bertz CT molecular complexity index is 2090. The third-order valence-corrected chi connectivity index (χ3v) is 11.9. The maximum absolute atomic E-state index is 13.9. The lowest BCUT2D eigenvalue weighted by Gasteiger charge is -2.34. The van der Waals surface area contributed by atoms with Crippen molar-refractivity contribution < 1.29 is 9.59 Å². The molecule has 6 nitrogen and oxygen atoms in total. The molecule has 0 bridgehead atoms. The summed E-state index contributed by atoms with van der Waals surface area (Å²) in [6.07, 6.45) is 9.87. The van der Waals surface area contributed by atoms with Crippen LogP contribution in [0.4, 0.5) is 0 Å². The molecule has 6 heteroatoms. The van der Waals surface area contributed by atoms with E-state index in [1.165, 1.54) is 6.42 Å². The highest BCUT2D eigenvalue weighted by Gasteiger charge is 2.30. The van der Waals surface area contributed by atoms with E-state index < -0.39 is 0 Å². The first-order valence-corrected chi connectivity index (χ1v) is 19.4. The van der Waals surface area contributed by atoms with Crippen LogP contribution in [0.5, 0.6) is 0 Å². The molecule has 53 heavy (non-hydrogen) atoms. The van der Waals surface area contributed by atoms with E-state index in [0.717, 1.165) is 118 Å². The van der Waals surface area contributed by atoms with Crippen molar-refractivity contribution >= 4 is 33.6 Å². The Balaban J connectivity index is 0.860. The van der Waals surface area contributed by atoms with E-state index in [-0.39, 0.29) is 23.9 Å². The molecule has 0 saturated heterocycles. The minimum absolute atomic E-state index is 0.00773. The Morgan fingerprint density at radius 3 is 1.26 bits per heavy atom. The Morgan fingerprint density at radius 2 is 0.868 bits per heavy atom. The Hall–Kier alpha value is -5.36. The van der Waals surface area contributed by atoms with Crippen LogP contribution in [0.2, 0.25) is 0 Å². The van der Waals surface area contributed by atoms with Crippen molar-refractivity contribution in [3.8, 4) is 22.5 Å². The molecule has 0 aliphatic heterocycles. The van der Waals surface area contributed by atoms with Gasteiger partial charge in [0, 0.05) is 34.0 Å². The highest BCUT2D eigenvalue weighted by molar-refractivity contribution is 6.10. The summed E-state index contributed by atoms with van der Waals surface area (Å²) in [5, 5.41) is 8.66. The first-order chi connectivity index (χ1) is 25.9. The lowest BCUT2D eigenvalue weighted by molar-refractivity contribution is 0.0919. The number of benzene rings is 4. The molecule has 2 fully saturated rings. The third kappa shape index (κ3) is 7.33. The molecule has 6 aromatic rings. The van der Waals surface area contributed by atoms with E-state index in [9.17, 15) is 9.59 Å². The zero-order valence-corrected chi connectivity index (χ0v) is 30.8. The second kappa shape index (κ2) is 15.3. The number of amides is 2. The van der Waals surface area contributed by atoms with Gasteiger partial charge in [-0.25, -0.2) is 9.97 Å². The molecule has 268 valence electrons. The molecular weight excluding hydrogens is 653 g/mol. The second-order valence-corrected chi connectivity index (χ2v) is 15.3. The number of nitrogens with zero attached hydrogens (tertiary/aromatic N) is 2. The molecule has 2 amide bonds. The molecule has 8 rings (SSSR count). The maximum atomic E-state index is 13.9. The molecule has 2 saturated carbocycles. The van der Waals surface area contributed by atoms with E-state index in [2.05, 4.69) is 34.9 Å². The first-order valence-electron chi connectivity index (χ1n) is 19.4. The standard InChI is InChI=1S/C47H48N4O2/c1-30-42(38-17-9-11-19-40(38)50-44(30)34-13-5-3-6-14-34)46(52)48-36-25-21-32(22-26-36)29-33-23-27-37(28-24-33)49-47(53)43-31(2)45(35-15-7-4-8-16-35)51-41-20-12-10-18-39(41)43/h3-20,32-33,36-37H,21-29H2,1-2H3,(H,48,52)(H,49,53). The molecule has 2 aliphatic carbocycles. The Kier molecular flexibility index (Phi) is 10.0. The van der Waals surface area contributed by atoms with E-state index in [1.54, 1.807) is 0 Å². The number of nitrogens with one attached hydrogen (secondary N) is 2. The number of aromatic nitrogens is 2. The van der Waals surface area contributed by atoms with Crippen LogP contribution in [0.15, 0.2) is 109 Å². The summed E-state index contributed by atoms with van der Waals surface area (Å²) >= 11 is 0. The van der Waals surface area contributed by atoms with Gasteiger partial charge in [-0.15, -0.1) is 0 Å². The Labute approximate surface area is 312 Å². The fourth-order valence-electron chi connectivity index (χ4n) is 9.03. The minimum atomic E-state index is 0.00773. The number of pyridine rings is 2. The molecule has 4 aromatic carbocycles. The predicted octanol–water partition coefficient (Wildman–Crippen LogP) is 10.4. The fraction of sp³-hybridized carbons (Fsp3) is 0.319. The Morgan fingerprint density at radius 1 is 0.509 bits per heavy atom. The number of rotatable bonds is 8. The molecule has 2 aromatic heterocycles. The number of para-hydroxylation sites is 2. The summed E-state index contributed by atoms with van der Waals surface area (Å²) in [7, 11) is 0. The van der Waals surface area contributed by atoms with Crippen molar-refractivity contribution in [2.45, 2.75) is 83.7 Å². The first kappa shape index (κ1) is 34.7. The van der Waals surface area contributed by atoms with Crippen LogP contribution in [0.3, 0.4) is 0 Å². The van der Waals surface area contributed by atoms with Crippen LogP contribution in [-0.2, 0) is 0 Å². The van der Waals surface area contributed by atoms with Crippen molar-refractivity contribution in [3.63, 3.8) is 0 Å². The van der Waals surface area contributed by atoms with Crippen molar-refractivity contribution in [1.29, 1.82) is 0 Å². The number of carbonyl (C=O) groups excluding carboxylic acids is 2. The van der Waals surface area contributed by atoms with Crippen molar-refractivity contribution in [1.82, 2.24) is 20.6 Å². The van der Waals surface area contributed by atoms with Gasteiger partial charge in [0.1, 0.15) is 0 Å². The summed E-state index contributed by atoms with van der Waals surface area (Å²) in [5.74, 6) is 1.39. The SMILES string of the molecule is Cc1c(-c2ccccc2)nc2ccccc2c1C(=O)NC1CCC(CC2CCC(NC(=O)c3c(C)c(-c4ccccc4)nc4ccccc34)CC2)CC1. The van der Waals surface area contributed by atoms with Crippen molar-refractivity contribution in [2.24, 2.45) is 11.8 Å². The van der Waals surface area contributed by atoms with Gasteiger partial charge >= 0.3 is 0 Å². The van der Waals surface area contributed by atoms with Gasteiger partial charge in [-0.3, -0.25) is 9.59 Å². The normalized spacial score (nSPS) is 20.3. The molecular formula is C47H48N4O2. The van der Waals surface area contributed by atoms with Crippen LogP contribution in [-0.4, -0.2) is 33.9 Å². The van der Waals surface area contributed by atoms with E-state index in [4.69, 9.17) is 9.97 Å². The molecule has 0 atom stereocenters. The van der Waals surface area contributed by atoms with Gasteiger partial charge in [-0.05, 0) is 107 Å². The van der Waals surface area contributed by atoms with Crippen LogP contribution in [0.1, 0.15) is 89.6 Å². The average Bonchev–Trinajstić information content (AvgIpc) is 3.19. The zero-order chi connectivity index (χ0) is 36.3. The number of fused-ring (bicyclic) bond motifs is 2. The van der Waals surface area contributed by atoms with Crippen LogP contribution in [0.25, 0.3) is 44.3 Å². The zero-order valence-electron chi connectivity index (χ0n) is 30.8. The molecule has 0 unspecified atom stereocenters. The number of carbonyl (C=O) groups is 2. The van der Waals surface area contributed by atoms with E-state index in [1.807, 2.05) is 98.8 Å². The minimum Gasteiger partial charge on any atom is -0.349 e. The highest BCUT2D eigenvalue weighted by atomic mass is 16.2. The van der Waals surface area contributed by atoms with Gasteiger partial charge in [0.05, 0.1) is 33.5 Å². The van der Waals surface area contributed by atoms with Gasteiger partial charge in [0.2, 0.25) is 0 Å². The summed E-state index contributed by atoms with van der Waals surface area (Å²) in [6, 6.07) is 36.6. The number of hydrogen-bond donors (Lipinski definition) is 2. The fourth-order valence-corrected chi connectivity index (χ4v) is 9.03. The smallest absolute Gasteiger partial charge is 0.252 e. The summed E-state index contributed by atoms with van der Waals surface area (Å²) in [5.41, 5.74) is 8.80. The average molecular weight is 701 g/mol. The predicted molar refractivity (Wildman–Crippen MR) is 215 cm³/mol. The summed E-state index contributed by atoms with van der Waals surface area (Å²) in [4.78, 5) is 37.8. The van der Waals surface area contributed by atoms with Crippen molar-refractivity contribution in [2.75, 3.05) is 0 Å². The van der Waals surface area contributed by atoms with Gasteiger partial charge in [0.15, 0.2) is 0 Å². The maximum Gasteiger partial charge on any atom is 0.252 e. The lowest BCUT2D eigenvalue weighted by Crippen LogP contribution is -2.39. The number of hydrogen-bond acceptors (Lipinski definition) is 4. The molecule has 0 spiro atoms. The molecule has 0 radical (unpaired) electrons. The van der Waals surface area contributed by atoms with Gasteiger partial charge in [-0.2, -0.15) is 0 Å². The van der Waals surface area contributed by atoms with Crippen LogP contribution < -0.4 is 10.6 Å². The molecule has 2 aliphatic rings. The largest absolute Gasteiger partial charge is 0.349 e. The molecule has 2 N–H and O–H groups in total. The van der Waals surface area contributed by atoms with Gasteiger partial charge in [-0.1, -0.05) is 97.1 Å². The van der Waals surface area contributed by atoms with E-state index >= 15 is 0 Å². The van der Waals surface area contributed by atoms with Crippen LogP contribution >= 0.6 is 0 Å². The van der Waals surface area contributed by atoms with Gasteiger partial charge < -0.3 is 10.6 Å². The molecule has 2 heterocycles. The summed E-state index contributed by atoms with van der Waals surface area (Å²) < 4.78 is 0. The monoisotopic (exact) mass is 700 g/mol. The second-order valence-electron chi connectivity index (χ2n) is 15.3. The lowest BCUT2D eigenvalue weighted by atomic mass is 9.75. The third-order valence-electron chi connectivity index (χ3n) is 11.9. The summed E-state index contributed by atoms with van der Waals surface area (Å²) in [6.45, 7) is 4.05. The van der Waals surface area contributed by atoms with Gasteiger partial charge in [0.25, 0.3) is 11.8 Å². The topological polar surface area (TPSA) is 84.0 Å².